The predicted molar refractivity (Wildman–Crippen MR) is 275 cm³/mol. The SMILES string of the molecule is CCCCCCCCCCCCCCCCCCc1ccc2c(c1)/C(=C1/c3ccccc3-c3ccc(CCCCCCCCCCCCCCCCCC)cc31)c1ccccc1-2. The molecule has 2 aliphatic rings. The molecule has 0 saturated carbocycles. The fraction of sp³-hybridized carbons (Fsp3) is 0.581. The molecule has 0 atom stereocenters. The molecule has 0 spiro atoms. The minimum absolute atomic E-state index is 1.18. The van der Waals surface area contributed by atoms with E-state index in [9.17, 15) is 0 Å². The largest absolute Gasteiger partial charge is 0.0654 e. The van der Waals surface area contributed by atoms with Crippen LogP contribution >= 0.6 is 0 Å². The fourth-order valence-corrected chi connectivity index (χ4v) is 10.8. The molecular formula is C62H88. The molecule has 0 bridgehead atoms. The van der Waals surface area contributed by atoms with Gasteiger partial charge in [0.2, 0.25) is 0 Å². The van der Waals surface area contributed by atoms with Crippen molar-refractivity contribution in [2.45, 2.75) is 232 Å². The van der Waals surface area contributed by atoms with Gasteiger partial charge >= 0.3 is 0 Å². The van der Waals surface area contributed by atoms with E-state index >= 15 is 0 Å². The van der Waals surface area contributed by atoms with Crippen LogP contribution in [0.2, 0.25) is 0 Å². The average Bonchev–Trinajstić information content (AvgIpc) is 3.79. The van der Waals surface area contributed by atoms with Crippen molar-refractivity contribution >= 4 is 11.1 Å². The van der Waals surface area contributed by atoms with Gasteiger partial charge in [0.05, 0.1) is 0 Å². The van der Waals surface area contributed by atoms with E-state index < -0.39 is 0 Å². The van der Waals surface area contributed by atoms with Crippen molar-refractivity contribution in [3.63, 3.8) is 0 Å². The third kappa shape index (κ3) is 14.8. The quantitative estimate of drug-likeness (QED) is 0.0355. The summed E-state index contributed by atoms with van der Waals surface area (Å²) < 4.78 is 0. The van der Waals surface area contributed by atoms with Crippen molar-refractivity contribution in [3.05, 3.63) is 118 Å². The van der Waals surface area contributed by atoms with Crippen LogP contribution in [0.25, 0.3) is 33.4 Å². The summed E-state index contributed by atoms with van der Waals surface area (Å²) in [6, 6.07) is 33.3. The highest BCUT2D eigenvalue weighted by molar-refractivity contribution is 6.18. The first-order chi connectivity index (χ1) is 30.8. The summed E-state index contributed by atoms with van der Waals surface area (Å²) in [4.78, 5) is 0. The van der Waals surface area contributed by atoms with Crippen LogP contribution in [0.3, 0.4) is 0 Å². The maximum atomic E-state index is 2.57. The third-order valence-electron chi connectivity index (χ3n) is 14.6. The lowest BCUT2D eigenvalue weighted by atomic mass is 9.90. The molecule has 0 amide bonds. The molecule has 4 aromatic rings. The molecule has 2 aliphatic carbocycles. The summed E-state index contributed by atoms with van der Waals surface area (Å²) in [6.45, 7) is 4.62. The standard InChI is InChI=1S/C62H88/c1-3-5-7-9-11-13-15-17-19-21-23-25-27-29-31-33-39-51-45-47-55-53-41-35-37-43-57(53)61(59(55)49-51)62-58-44-38-36-42-54(58)56-48-46-52(50-60(56)62)40-34-32-30-28-26-24-22-20-18-16-14-12-10-8-6-4-2/h35-38,41-50H,3-34,39-40H2,1-2H3/b62-61-. The van der Waals surface area contributed by atoms with Crippen LogP contribution < -0.4 is 0 Å². The van der Waals surface area contributed by atoms with Gasteiger partial charge in [-0.2, -0.15) is 0 Å². The maximum absolute atomic E-state index is 2.57. The first-order valence-corrected chi connectivity index (χ1v) is 27.0. The fourth-order valence-electron chi connectivity index (χ4n) is 10.8. The summed E-state index contributed by atoms with van der Waals surface area (Å²) in [5, 5.41) is 0. The maximum Gasteiger partial charge on any atom is -0.00138 e. The van der Waals surface area contributed by atoms with Crippen molar-refractivity contribution in [1.29, 1.82) is 0 Å². The van der Waals surface area contributed by atoms with Crippen molar-refractivity contribution in [2.75, 3.05) is 0 Å². The minimum atomic E-state index is 1.18. The minimum Gasteiger partial charge on any atom is -0.0654 e. The van der Waals surface area contributed by atoms with E-state index in [4.69, 9.17) is 0 Å². The molecule has 0 nitrogen and oxygen atoms in total. The molecule has 4 aromatic carbocycles. The summed E-state index contributed by atoms with van der Waals surface area (Å²) in [7, 11) is 0. The first kappa shape index (κ1) is 48.1. The number of hydrogen-bond acceptors (Lipinski definition) is 0. The van der Waals surface area contributed by atoms with Crippen LogP contribution in [0.1, 0.15) is 253 Å². The van der Waals surface area contributed by atoms with Crippen LogP contribution in [0, 0.1) is 0 Å². The van der Waals surface area contributed by atoms with Gasteiger partial charge in [-0.1, -0.05) is 291 Å². The van der Waals surface area contributed by atoms with E-state index in [1.54, 1.807) is 0 Å². The smallest absolute Gasteiger partial charge is 0.00138 e. The number of unbranched alkanes of at least 4 members (excludes halogenated alkanes) is 30. The van der Waals surface area contributed by atoms with Gasteiger partial charge in [0, 0.05) is 0 Å². The number of aryl methyl sites for hydroxylation is 2. The lowest BCUT2D eigenvalue weighted by molar-refractivity contribution is 0.529. The van der Waals surface area contributed by atoms with Crippen LogP contribution in [0.5, 0.6) is 0 Å². The number of hydrogen-bond donors (Lipinski definition) is 0. The molecule has 0 radical (unpaired) electrons. The Hall–Kier alpha value is -3.38. The van der Waals surface area contributed by atoms with Crippen molar-refractivity contribution in [1.82, 2.24) is 0 Å². The van der Waals surface area contributed by atoms with Crippen molar-refractivity contribution < 1.29 is 0 Å². The second-order valence-electron chi connectivity index (χ2n) is 19.7. The average molecular weight is 833 g/mol. The van der Waals surface area contributed by atoms with Gasteiger partial charge < -0.3 is 0 Å². The summed E-state index contributed by atoms with van der Waals surface area (Å²) in [6.07, 6.45) is 47.8. The van der Waals surface area contributed by atoms with Gasteiger partial charge in [0.15, 0.2) is 0 Å². The summed E-state index contributed by atoms with van der Waals surface area (Å²) in [5.41, 5.74) is 17.2. The Morgan fingerprint density at radius 1 is 0.226 bits per heavy atom. The van der Waals surface area contributed by atoms with Crippen LogP contribution in [-0.2, 0) is 12.8 Å². The zero-order valence-corrected chi connectivity index (χ0v) is 40.1. The third-order valence-corrected chi connectivity index (χ3v) is 14.6. The molecule has 336 valence electrons. The molecular weight excluding hydrogens is 745 g/mol. The lowest BCUT2D eigenvalue weighted by Gasteiger charge is -2.13. The molecule has 0 unspecified atom stereocenters. The summed E-state index contributed by atoms with van der Waals surface area (Å²) in [5.74, 6) is 0. The Bertz CT molecular complexity index is 1750. The van der Waals surface area contributed by atoms with Gasteiger partial charge in [-0.3, -0.25) is 0 Å². The predicted octanol–water partition coefficient (Wildman–Crippen LogP) is 20.3. The monoisotopic (exact) mass is 833 g/mol. The highest BCUT2D eigenvalue weighted by Crippen LogP contribution is 2.54. The molecule has 6 rings (SSSR count). The number of rotatable bonds is 34. The topological polar surface area (TPSA) is 0 Å². The Morgan fingerprint density at radius 3 is 0.758 bits per heavy atom. The van der Waals surface area contributed by atoms with E-state index in [2.05, 4.69) is 98.8 Å². The van der Waals surface area contributed by atoms with Crippen LogP contribution in [-0.4, -0.2) is 0 Å². The zero-order valence-electron chi connectivity index (χ0n) is 40.1. The normalized spacial score (nSPS) is 13.7. The first-order valence-electron chi connectivity index (χ1n) is 27.0. The second kappa shape index (κ2) is 28.4. The Morgan fingerprint density at radius 2 is 0.468 bits per heavy atom. The van der Waals surface area contributed by atoms with Gasteiger partial charge in [-0.05, 0) is 92.5 Å². The van der Waals surface area contributed by atoms with E-state index in [0.29, 0.717) is 0 Å². The Labute approximate surface area is 382 Å². The van der Waals surface area contributed by atoms with Crippen LogP contribution in [0.15, 0.2) is 84.9 Å². The molecule has 0 aliphatic heterocycles. The van der Waals surface area contributed by atoms with Gasteiger partial charge in [-0.15, -0.1) is 0 Å². The number of fused-ring (bicyclic) bond motifs is 6. The highest BCUT2D eigenvalue weighted by Gasteiger charge is 2.32. The zero-order chi connectivity index (χ0) is 42.9. The molecule has 0 heteroatoms. The van der Waals surface area contributed by atoms with Gasteiger partial charge in [0.25, 0.3) is 0 Å². The molecule has 0 saturated heterocycles. The van der Waals surface area contributed by atoms with E-state index in [0.717, 1.165) is 0 Å². The Kier molecular flexibility index (Phi) is 22.0. The van der Waals surface area contributed by atoms with E-state index in [1.807, 2.05) is 0 Å². The summed E-state index contributed by atoms with van der Waals surface area (Å²) >= 11 is 0. The van der Waals surface area contributed by atoms with E-state index in [1.165, 1.54) is 285 Å². The van der Waals surface area contributed by atoms with Gasteiger partial charge in [-0.25, -0.2) is 0 Å². The molecule has 0 heterocycles. The molecule has 0 fully saturated rings. The Balaban J connectivity index is 0.976. The number of benzene rings is 4. The lowest BCUT2D eigenvalue weighted by Crippen LogP contribution is -1.94. The van der Waals surface area contributed by atoms with E-state index in [-0.39, 0.29) is 0 Å². The van der Waals surface area contributed by atoms with Crippen molar-refractivity contribution in [2.24, 2.45) is 0 Å². The van der Waals surface area contributed by atoms with Crippen LogP contribution in [0.4, 0.5) is 0 Å². The molecule has 62 heavy (non-hydrogen) atoms. The highest BCUT2D eigenvalue weighted by atomic mass is 14.3. The second-order valence-corrected chi connectivity index (χ2v) is 19.7. The van der Waals surface area contributed by atoms with Gasteiger partial charge in [0.1, 0.15) is 0 Å². The molecule has 0 aromatic heterocycles. The van der Waals surface area contributed by atoms with Crippen molar-refractivity contribution in [3.8, 4) is 22.3 Å². The molecule has 0 N–H and O–H groups in total.